The van der Waals surface area contributed by atoms with Crippen LogP contribution in [0.2, 0.25) is 0 Å². The second kappa shape index (κ2) is 16.9. The molecule has 1 atom stereocenters. The molecule has 2 aromatic heterocycles. The minimum atomic E-state index is -0.672. The summed E-state index contributed by atoms with van der Waals surface area (Å²) in [4.78, 5) is 59.0. The summed E-state index contributed by atoms with van der Waals surface area (Å²) in [6.07, 6.45) is 9.39. The Kier molecular flexibility index (Phi) is 11.1. The molecule has 13 nitrogen and oxygen atoms in total. The molecule has 4 fully saturated rings. The average molecular weight is 809 g/mol. The zero-order valence-corrected chi connectivity index (χ0v) is 33.8. The van der Waals surface area contributed by atoms with E-state index in [1.165, 1.54) is 4.57 Å². The van der Waals surface area contributed by atoms with E-state index in [0.717, 1.165) is 80.7 Å². The molecule has 310 valence electrons. The monoisotopic (exact) mass is 808 g/mol. The van der Waals surface area contributed by atoms with E-state index in [1.807, 2.05) is 54.6 Å². The molecule has 9 rings (SSSR count). The maximum absolute atomic E-state index is 14.4. The highest BCUT2D eigenvalue weighted by Crippen LogP contribution is 2.39. The molecule has 0 aliphatic carbocycles. The van der Waals surface area contributed by atoms with Crippen molar-refractivity contribution in [1.82, 2.24) is 30.3 Å². The topological polar surface area (TPSA) is 153 Å². The minimum absolute atomic E-state index is 0.121. The Balaban J connectivity index is 0.771. The number of piperidine rings is 4. The van der Waals surface area contributed by atoms with Crippen LogP contribution in [0, 0.1) is 5.92 Å². The number of hydrogen-bond acceptors (Lipinski definition) is 10. The number of nitrogens with zero attached hydrogens (tertiary/aromatic N) is 6. The SMILES string of the molecule is O=C1CC[C@H](n2ccc3cc(N4CCC(CN5CCC(NC(=O)C6(c7ccccc7)CCN(c7cnnc(-c8ccccc8O)c7)CC6)CC5)CC4)ccc3c2=O)C(=O)N1. The van der Waals surface area contributed by atoms with Crippen LogP contribution in [0.25, 0.3) is 22.0 Å². The van der Waals surface area contributed by atoms with E-state index in [4.69, 9.17) is 0 Å². The number of phenols is 1. The van der Waals surface area contributed by atoms with Gasteiger partial charge in [-0.25, -0.2) is 0 Å². The molecule has 3 aromatic carbocycles. The van der Waals surface area contributed by atoms with E-state index >= 15 is 0 Å². The Morgan fingerprint density at radius 1 is 0.800 bits per heavy atom. The molecule has 4 saturated heterocycles. The number of pyridine rings is 1. The van der Waals surface area contributed by atoms with Gasteiger partial charge in [0.05, 0.1) is 23.0 Å². The lowest BCUT2D eigenvalue weighted by Gasteiger charge is -2.43. The Morgan fingerprint density at radius 2 is 1.53 bits per heavy atom. The summed E-state index contributed by atoms with van der Waals surface area (Å²) < 4.78 is 1.45. The molecule has 4 aliphatic rings. The highest BCUT2D eigenvalue weighted by Gasteiger charge is 2.44. The molecular weight excluding hydrogens is 757 g/mol. The lowest BCUT2D eigenvalue weighted by Crippen LogP contribution is -2.55. The van der Waals surface area contributed by atoms with Crippen LogP contribution < -0.4 is 26.0 Å². The maximum Gasteiger partial charge on any atom is 0.259 e. The average Bonchev–Trinajstić information content (AvgIpc) is 3.28. The molecule has 4 aliphatic heterocycles. The Labute approximate surface area is 349 Å². The van der Waals surface area contributed by atoms with Crippen molar-refractivity contribution in [2.45, 2.75) is 68.9 Å². The van der Waals surface area contributed by atoms with Gasteiger partial charge in [-0.05, 0) is 104 Å². The van der Waals surface area contributed by atoms with Gasteiger partial charge in [-0.1, -0.05) is 42.5 Å². The number of anilines is 2. The Bertz CT molecular complexity index is 2430. The summed E-state index contributed by atoms with van der Waals surface area (Å²) in [7, 11) is 0. The lowest BCUT2D eigenvalue weighted by atomic mass is 9.71. The zero-order chi connectivity index (χ0) is 41.2. The summed E-state index contributed by atoms with van der Waals surface area (Å²) in [5.41, 5.74) is 3.51. The number of rotatable bonds is 9. The first kappa shape index (κ1) is 39.4. The maximum atomic E-state index is 14.4. The molecule has 0 spiro atoms. The predicted molar refractivity (Wildman–Crippen MR) is 231 cm³/mol. The number of benzene rings is 3. The summed E-state index contributed by atoms with van der Waals surface area (Å²) >= 11 is 0. The summed E-state index contributed by atoms with van der Waals surface area (Å²) in [5.74, 6) is 0.168. The van der Waals surface area contributed by atoms with Crippen LogP contribution in [0.5, 0.6) is 5.75 Å². The third-order valence-electron chi connectivity index (χ3n) is 13.4. The van der Waals surface area contributed by atoms with Crippen molar-refractivity contribution in [2.75, 3.05) is 55.6 Å². The first-order valence-electron chi connectivity index (χ1n) is 21.4. The second-order valence-corrected chi connectivity index (χ2v) is 17.0. The number of para-hydroxylation sites is 1. The van der Waals surface area contributed by atoms with Gasteiger partial charge in [0.1, 0.15) is 11.8 Å². The summed E-state index contributed by atoms with van der Waals surface area (Å²) in [5, 5.41) is 26.2. The van der Waals surface area contributed by atoms with Gasteiger partial charge < -0.3 is 29.7 Å². The van der Waals surface area contributed by atoms with Crippen LogP contribution >= 0.6 is 0 Å². The largest absolute Gasteiger partial charge is 0.507 e. The number of fused-ring (bicyclic) bond motifs is 1. The molecule has 5 aromatic rings. The molecule has 0 bridgehead atoms. The van der Waals surface area contributed by atoms with Gasteiger partial charge in [-0.15, -0.1) is 0 Å². The van der Waals surface area contributed by atoms with E-state index in [1.54, 1.807) is 24.5 Å². The third-order valence-corrected chi connectivity index (χ3v) is 13.4. The van der Waals surface area contributed by atoms with Crippen molar-refractivity contribution in [3.63, 3.8) is 0 Å². The second-order valence-electron chi connectivity index (χ2n) is 17.0. The number of carbonyl (C=O) groups excluding carboxylic acids is 3. The van der Waals surface area contributed by atoms with Crippen molar-refractivity contribution < 1.29 is 19.5 Å². The normalized spacial score (nSPS) is 20.6. The van der Waals surface area contributed by atoms with Crippen LogP contribution in [0.1, 0.15) is 63.0 Å². The van der Waals surface area contributed by atoms with Gasteiger partial charge in [-0.3, -0.25) is 24.5 Å². The fourth-order valence-electron chi connectivity index (χ4n) is 9.86. The van der Waals surface area contributed by atoms with Crippen molar-refractivity contribution in [2.24, 2.45) is 5.92 Å². The van der Waals surface area contributed by atoms with Crippen LogP contribution in [0.4, 0.5) is 11.4 Å². The van der Waals surface area contributed by atoms with Crippen LogP contribution in [-0.2, 0) is 19.8 Å². The fourth-order valence-corrected chi connectivity index (χ4v) is 9.86. The van der Waals surface area contributed by atoms with Crippen molar-refractivity contribution in [1.29, 1.82) is 0 Å². The van der Waals surface area contributed by atoms with Crippen LogP contribution in [-0.4, -0.2) is 94.3 Å². The van der Waals surface area contributed by atoms with E-state index in [2.05, 4.69) is 53.7 Å². The highest BCUT2D eigenvalue weighted by molar-refractivity contribution is 5.99. The Hall–Kier alpha value is -6.08. The van der Waals surface area contributed by atoms with Crippen molar-refractivity contribution in [3.05, 3.63) is 113 Å². The molecule has 0 unspecified atom stereocenters. The number of imide groups is 1. The highest BCUT2D eigenvalue weighted by atomic mass is 16.3. The van der Waals surface area contributed by atoms with E-state index in [0.29, 0.717) is 54.9 Å². The van der Waals surface area contributed by atoms with Crippen molar-refractivity contribution >= 4 is 39.9 Å². The number of aromatic nitrogens is 3. The minimum Gasteiger partial charge on any atom is -0.507 e. The van der Waals surface area contributed by atoms with Gasteiger partial charge in [0, 0.05) is 81.1 Å². The molecule has 0 saturated carbocycles. The number of hydrogen-bond donors (Lipinski definition) is 3. The van der Waals surface area contributed by atoms with Gasteiger partial charge in [0.15, 0.2) is 0 Å². The number of aromatic hydroxyl groups is 1. The molecule has 6 heterocycles. The zero-order valence-electron chi connectivity index (χ0n) is 33.8. The van der Waals surface area contributed by atoms with E-state index in [9.17, 15) is 24.3 Å². The molecule has 3 amide bonds. The molecule has 3 N–H and O–H groups in total. The molecular formula is C47H52N8O5. The number of phenolic OH excluding ortho intramolecular Hbond substituents is 1. The van der Waals surface area contributed by atoms with Gasteiger partial charge in [-0.2, -0.15) is 10.2 Å². The standard InChI is InChI=1S/C47H52N8O5/c56-42-9-5-4-8-39(42)40-29-37(30-48-51-40)54-26-19-47(20-27-54,34-6-2-1-3-7-34)46(60)49-35-17-21-52(22-18-35)31-32-14-23-53(24-15-32)36-10-11-38-33(28-36)16-25-55(45(38)59)41-12-13-43(57)50-44(41)58/h1-11,16,25,28-30,32,35,41,56H,12-15,17-24,26-27,31H2,(H,49,60)(H,50,57,58)/t41-/m0/s1. The summed E-state index contributed by atoms with van der Waals surface area (Å²) in [6, 6.07) is 26.7. The third kappa shape index (κ3) is 7.98. The lowest BCUT2D eigenvalue weighted by molar-refractivity contribution is -0.136. The summed E-state index contributed by atoms with van der Waals surface area (Å²) in [6.45, 7) is 6.28. The molecule has 60 heavy (non-hydrogen) atoms. The number of nitrogens with one attached hydrogen (secondary N) is 2. The fraction of sp³-hybridized carbons (Fsp3) is 0.404. The van der Waals surface area contributed by atoms with E-state index < -0.39 is 17.4 Å². The predicted octanol–water partition coefficient (Wildman–Crippen LogP) is 5.18. The number of carbonyl (C=O) groups is 3. The molecule has 0 radical (unpaired) electrons. The van der Waals surface area contributed by atoms with Gasteiger partial charge in [0.2, 0.25) is 17.7 Å². The van der Waals surface area contributed by atoms with Crippen LogP contribution in [0.15, 0.2) is 102 Å². The Morgan fingerprint density at radius 3 is 2.28 bits per heavy atom. The smallest absolute Gasteiger partial charge is 0.259 e. The first-order valence-corrected chi connectivity index (χ1v) is 21.4. The van der Waals surface area contributed by atoms with Crippen LogP contribution in [0.3, 0.4) is 0 Å². The number of likely N-dealkylation sites (tertiary alicyclic amines) is 1. The quantitative estimate of drug-likeness (QED) is 0.170. The van der Waals surface area contributed by atoms with Crippen molar-refractivity contribution in [3.8, 4) is 17.0 Å². The van der Waals surface area contributed by atoms with Gasteiger partial charge in [0.25, 0.3) is 5.56 Å². The molecule has 13 heteroatoms. The van der Waals surface area contributed by atoms with Gasteiger partial charge >= 0.3 is 0 Å². The first-order chi connectivity index (χ1) is 29.2. The number of amides is 3. The van der Waals surface area contributed by atoms with E-state index in [-0.39, 0.29) is 35.6 Å².